The fourth-order valence-corrected chi connectivity index (χ4v) is 4.36. The Kier molecular flexibility index (Phi) is 8.28. The zero-order chi connectivity index (χ0) is 22.5. The topological polar surface area (TPSA) is 67.2 Å². The Labute approximate surface area is 217 Å². The van der Waals surface area contributed by atoms with E-state index in [1.54, 1.807) is 0 Å². The van der Waals surface area contributed by atoms with Gasteiger partial charge in [-0.05, 0) is 28.8 Å². The van der Waals surface area contributed by atoms with Crippen molar-refractivity contribution in [1.29, 1.82) is 0 Å². The minimum Gasteiger partial charge on any atom is -0.454 e. The van der Waals surface area contributed by atoms with Crippen LogP contribution in [-0.4, -0.2) is 65.3 Å². The van der Waals surface area contributed by atoms with Crippen LogP contribution in [0, 0.1) is 0 Å². The number of hydrogen-bond donors (Lipinski definition) is 1. The van der Waals surface area contributed by atoms with E-state index >= 15 is 0 Å². The first-order chi connectivity index (χ1) is 16.3. The number of aromatic nitrogens is 2. The number of nitrogens with one attached hydrogen (secondary N) is 1. The molecule has 180 valence electrons. The number of ether oxygens (including phenoxy) is 2. The number of imidazole rings is 1. The van der Waals surface area contributed by atoms with Gasteiger partial charge in [-0.15, -0.1) is 24.0 Å². The van der Waals surface area contributed by atoms with Gasteiger partial charge in [0, 0.05) is 65.3 Å². The molecular weight excluding hydrogens is 543 g/mol. The maximum absolute atomic E-state index is 5.51. The Morgan fingerprint density at radius 1 is 0.971 bits per heavy atom. The molecule has 0 saturated carbocycles. The number of nitrogens with zero attached hydrogens (tertiary/aromatic N) is 5. The predicted octanol–water partition coefficient (Wildman–Crippen LogP) is 3.17. The molecule has 0 bridgehead atoms. The summed E-state index contributed by atoms with van der Waals surface area (Å²) in [4.78, 5) is 13.5. The summed E-state index contributed by atoms with van der Waals surface area (Å²) in [6, 6.07) is 14.9. The van der Waals surface area contributed by atoms with Gasteiger partial charge in [-0.1, -0.05) is 30.3 Å². The lowest BCUT2D eigenvalue weighted by Gasteiger charge is -2.36. The minimum atomic E-state index is 0. The molecule has 8 nitrogen and oxygen atoms in total. The van der Waals surface area contributed by atoms with Crippen LogP contribution < -0.4 is 14.8 Å². The molecular formula is C25H31IN6O2. The zero-order valence-corrected chi connectivity index (χ0v) is 21.7. The normalized spacial score (nSPS) is 15.8. The third-order valence-electron chi connectivity index (χ3n) is 6.09. The minimum absolute atomic E-state index is 0. The van der Waals surface area contributed by atoms with Gasteiger partial charge in [0.25, 0.3) is 0 Å². The number of rotatable bonds is 6. The van der Waals surface area contributed by atoms with E-state index in [0.717, 1.165) is 63.3 Å². The molecule has 0 spiro atoms. The van der Waals surface area contributed by atoms with Crippen molar-refractivity contribution in [2.75, 3.05) is 40.0 Å². The third kappa shape index (κ3) is 6.01. The zero-order valence-electron chi connectivity index (χ0n) is 19.4. The highest BCUT2D eigenvalue weighted by molar-refractivity contribution is 14.0. The molecule has 2 aromatic carbocycles. The summed E-state index contributed by atoms with van der Waals surface area (Å²) >= 11 is 0. The van der Waals surface area contributed by atoms with Gasteiger partial charge in [0.1, 0.15) is 0 Å². The molecule has 1 N–H and O–H groups in total. The number of piperazine rings is 1. The van der Waals surface area contributed by atoms with Crippen molar-refractivity contribution < 1.29 is 9.47 Å². The first-order valence-electron chi connectivity index (χ1n) is 11.4. The lowest BCUT2D eigenvalue weighted by atomic mass is 10.1. The van der Waals surface area contributed by atoms with Gasteiger partial charge < -0.3 is 24.3 Å². The molecule has 34 heavy (non-hydrogen) atoms. The summed E-state index contributed by atoms with van der Waals surface area (Å²) in [5, 5.41) is 3.54. The van der Waals surface area contributed by atoms with Gasteiger partial charge >= 0.3 is 0 Å². The van der Waals surface area contributed by atoms with E-state index in [-0.39, 0.29) is 24.0 Å². The van der Waals surface area contributed by atoms with E-state index < -0.39 is 0 Å². The maximum Gasteiger partial charge on any atom is 0.231 e. The molecule has 0 radical (unpaired) electrons. The largest absolute Gasteiger partial charge is 0.454 e. The molecule has 3 aromatic rings. The molecule has 1 saturated heterocycles. The van der Waals surface area contributed by atoms with E-state index in [1.165, 1.54) is 16.7 Å². The molecule has 0 unspecified atom stereocenters. The Hall–Kier alpha value is -2.79. The second kappa shape index (κ2) is 11.6. The molecule has 1 aromatic heterocycles. The van der Waals surface area contributed by atoms with Crippen molar-refractivity contribution in [3.05, 3.63) is 77.9 Å². The van der Waals surface area contributed by atoms with Crippen LogP contribution in [-0.2, 0) is 19.6 Å². The Balaban J connectivity index is 0.00000274. The molecule has 0 amide bonds. The van der Waals surface area contributed by atoms with Crippen LogP contribution in [0.2, 0.25) is 0 Å². The molecule has 9 heteroatoms. The van der Waals surface area contributed by atoms with Crippen LogP contribution in [0.5, 0.6) is 11.5 Å². The predicted molar refractivity (Wildman–Crippen MR) is 143 cm³/mol. The van der Waals surface area contributed by atoms with E-state index in [4.69, 9.17) is 9.47 Å². The summed E-state index contributed by atoms with van der Waals surface area (Å²) in [5.41, 5.74) is 3.76. The second-order valence-electron chi connectivity index (χ2n) is 8.41. The maximum atomic E-state index is 5.51. The van der Waals surface area contributed by atoms with Gasteiger partial charge in [0.05, 0.1) is 6.33 Å². The van der Waals surface area contributed by atoms with Gasteiger partial charge in [-0.2, -0.15) is 0 Å². The summed E-state index contributed by atoms with van der Waals surface area (Å²) in [5.74, 6) is 2.65. The van der Waals surface area contributed by atoms with Crippen LogP contribution in [0.25, 0.3) is 0 Å². The van der Waals surface area contributed by atoms with Crippen LogP contribution in [0.15, 0.2) is 66.2 Å². The van der Waals surface area contributed by atoms with Crippen LogP contribution in [0.4, 0.5) is 0 Å². The number of guanidine groups is 1. The monoisotopic (exact) mass is 574 g/mol. The average Bonchev–Trinajstić information content (AvgIpc) is 3.52. The first-order valence-corrected chi connectivity index (χ1v) is 11.4. The third-order valence-corrected chi connectivity index (χ3v) is 6.09. The molecule has 2 aliphatic rings. The molecule has 3 heterocycles. The fraction of sp³-hybridized carbons (Fsp3) is 0.360. The highest BCUT2D eigenvalue weighted by Crippen LogP contribution is 2.32. The first kappa shape index (κ1) is 24.3. The van der Waals surface area contributed by atoms with E-state index in [9.17, 15) is 0 Å². The summed E-state index contributed by atoms with van der Waals surface area (Å²) in [7, 11) is 1.86. The Bertz CT molecular complexity index is 1100. The highest BCUT2D eigenvalue weighted by atomic mass is 127. The van der Waals surface area contributed by atoms with Crippen molar-refractivity contribution in [3.63, 3.8) is 0 Å². The number of aliphatic imine (C=N–C) groups is 1. The van der Waals surface area contributed by atoms with E-state index in [2.05, 4.69) is 66.1 Å². The summed E-state index contributed by atoms with van der Waals surface area (Å²) in [6.45, 7) is 6.70. The van der Waals surface area contributed by atoms with Crippen LogP contribution in [0.3, 0.4) is 0 Å². The number of halogens is 1. The van der Waals surface area contributed by atoms with Crippen LogP contribution >= 0.6 is 24.0 Å². The standard InChI is InChI=1S/C25H30N6O2.HI/c1-26-25(28-15-20-3-2-4-21(13-20)17-30-8-7-27-18-30)31-11-9-29(10-12-31)16-22-5-6-23-24(14-22)33-19-32-23;/h2-8,13-14,18H,9-12,15-17,19H2,1H3,(H,26,28);1H. The van der Waals surface area contributed by atoms with Gasteiger partial charge in [0.2, 0.25) is 6.79 Å². The van der Waals surface area contributed by atoms with E-state index in [1.807, 2.05) is 31.8 Å². The van der Waals surface area contributed by atoms with Crippen molar-refractivity contribution in [1.82, 2.24) is 24.7 Å². The number of benzene rings is 2. The summed E-state index contributed by atoms with van der Waals surface area (Å²) in [6.07, 6.45) is 5.64. The van der Waals surface area contributed by atoms with Crippen molar-refractivity contribution >= 4 is 29.9 Å². The summed E-state index contributed by atoms with van der Waals surface area (Å²) < 4.78 is 13.0. The fourth-order valence-electron chi connectivity index (χ4n) is 4.36. The Morgan fingerprint density at radius 2 is 1.76 bits per heavy atom. The lowest BCUT2D eigenvalue weighted by molar-refractivity contribution is 0.171. The number of fused-ring (bicyclic) bond motifs is 1. The average molecular weight is 574 g/mol. The molecule has 1 fully saturated rings. The molecule has 0 atom stereocenters. The van der Waals surface area contributed by atoms with Gasteiger partial charge in [0.15, 0.2) is 17.5 Å². The quantitative estimate of drug-likeness (QED) is 0.277. The van der Waals surface area contributed by atoms with Crippen LogP contribution in [0.1, 0.15) is 16.7 Å². The van der Waals surface area contributed by atoms with Crippen molar-refractivity contribution in [3.8, 4) is 11.5 Å². The number of hydrogen-bond acceptors (Lipinski definition) is 5. The Morgan fingerprint density at radius 3 is 2.56 bits per heavy atom. The highest BCUT2D eigenvalue weighted by Gasteiger charge is 2.21. The van der Waals surface area contributed by atoms with Gasteiger partial charge in [-0.25, -0.2) is 4.98 Å². The lowest BCUT2D eigenvalue weighted by Crippen LogP contribution is -2.52. The smallest absolute Gasteiger partial charge is 0.231 e. The second-order valence-corrected chi connectivity index (χ2v) is 8.41. The SMILES string of the molecule is CN=C(NCc1cccc(Cn2ccnc2)c1)N1CCN(Cc2ccc3c(c2)OCO3)CC1.I. The molecule has 0 aliphatic carbocycles. The van der Waals surface area contributed by atoms with Crippen molar-refractivity contribution in [2.24, 2.45) is 4.99 Å². The molecule has 5 rings (SSSR count). The molecule has 2 aliphatic heterocycles. The van der Waals surface area contributed by atoms with E-state index in [0.29, 0.717) is 6.79 Å². The van der Waals surface area contributed by atoms with Crippen molar-refractivity contribution in [2.45, 2.75) is 19.6 Å². The van der Waals surface area contributed by atoms with Gasteiger partial charge in [-0.3, -0.25) is 9.89 Å².